The number of benzene rings is 1. The molecule has 3 nitrogen and oxygen atoms in total. The summed E-state index contributed by atoms with van der Waals surface area (Å²) in [6.07, 6.45) is 2.81. The van der Waals surface area contributed by atoms with Gasteiger partial charge in [0.2, 0.25) is 0 Å². The summed E-state index contributed by atoms with van der Waals surface area (Å²) in [5.74, 6) is 0.402. The van der Waals surface area contributed by atoms with Crippen molar-refractivity contribution in [2.45, 2.75) is 0 Å². The van der Waals surface area contributed by atoms with Crippen LogP contribution in [-0.2, 0) is 0 Å². The van der Waals surface area contributed by atoms with Crippen LogP contribution >= 0.6 is 15.9 Å². The molecule has 0 aliphatic rings. The number of methoxy groups -OCH3 is 1. The summed E-state index contributed by atoms with van der Waals surface area (Å²) in [4.78, 5) is 0. The first-order chi connectivity index (χ1) is 6.69. The van der Waals surface area contributed by atoms with E-state index in [1.54, 1.807) is 12.1 Å². The summed E-state index contributed by atoms with van der Waals surface area (Å²) in [7, 11) is 1.47. The van der Waals surface area contributed by atoms with Gasteiger partial charge in [-0.25, -0.2) is 0 Å². The van der Waals surface area contributed by atoms with E-state index in [1.807, 2.05) is 6.07 Å². The standard InChI is InChI=1S/C10H8BrNO2/c1-14-9-6-8(11)5-7(10(9)13)3-2-4-12/h2-3,5-6,13H,1H3. The van der Waals surface area contributed by atoms with Crippen LogP contribution in [0.2, 0.25) is 0 Å². The van der Waals surface area contributed by atoms with Gasteiger partial charge in [0.1, 0.15) is 0 Å². The van der Waals surface area contributed by atoms with E-state index in [0.717, 1.165) is 4.47 Å². The van der Waals surface area contributed by atoms with Crippen LogP contribution in [0.3, 0.4) is 0 Å². The molecular formula is C10H8BrNO2. The molecule has 0 atom stereocenters. The van der Waals surface area contributed by atoms with Gasteiger partial charge in [-0.2, -0.15) is 5.26 Å². The number of hydrogen-bond donors (Lipinski definition) is 1. The summed E-state index contributed by atoms with van der Waals surface area (Å²) in [5, 5.41) is 18.0. The van der Waals surface area contributed by atoms with Crippen molar-refractivity contribution in [2.75, 3.05) is 7.11 Å². The van der Waals surface area contributed by atoms with Crippen molar-refractivity contribution < 1.29 is 9.84 Å². The van der Waals surface area contributed by atoms with E-state index in [4.69, 9.17) is 10.00 Å². The van der Waals surface area contributed by atoms with E-state index in [-0.39, 0.29) is 5.75 Å². The second-order valence-corrected chi connectivity index (χ2v) is 3.42. The maximum absolute atomic E-state index is 9.63. The summed E-state index contributed by atoms with van der Waals surface area (Å²) >= 11 is 3.27. The molecule has 0 fully saturated rings. The Morgan fingerprint density at radius 1 is 1.57 bits per heavy atom. The van der Waals surface area contributed by atoms with Gasteiger partial charge in [-0.15, -0.1) is 0 Å². The molecule has 0 radical (unpaired) electrons. The fourth-order valence-electron chi connectivity index (χ4n) is 1.00. The second kappa shape index (κ2) is 4.68. The minimum Gasteiger partial charge on any atom is -0.504 e. The molecule has 0 aliphatic heterocycles. The van der Waals surface area contributed by atoms with Crippen molar-refractivity contribution in [3.8, 4) is 17.6 Å². The van der Waals surface area contributed by atoms with E-state index in [9.17, 15) is 5.11 Å². The Kier molecular flexibility index (Phi) is 3.55. The number of nitrogens with zero attached hydrogens (tertiary/aromatic N) is 1. The van der Waals surface area contributed by atoms with Crippen molar-refractivity contribution in [1.82, 2.24) is 0 Å². The average molecular weight is 254 g/mol. The number of allylic oxidation sites excluding steroid dienone is 1. The van der Waals surface area contributed by atoms with Gasteiger partial charge in [-0.05, 0) is 18.2 Å². The predicted octanol–water partition coefficient (Wildman–Crippen LogP) is 2.70. The molecule has 0 bridgehead atoms. The number of phenols is 1. The quantitative estimate of drug-likeness (QED) is 0.825. The number of hydrogen-bond acceptors (Lipinski definition) is 3. The lowest BCUT2D eigenvalue weighted by molar-refractivity contribution is 0.372. The number of aromatic hydroxyl groups is 1. The molecule has 4 heteroatoms. The third kappa shape index (κ3) is 2.27. The molecule has 0 unspecified atom stereocenters. The molecule has 1 rings (SSSR count). The molecule has 0 saturated carbocycles. The van der Waals surface area contributed by atoms with Crippen LogP contribution in [0.5, 0.6) is 11.5 Å². The molecular weight excluding hydrogens is 246 g/mol. The molecule has 0 aromatic heterocycles. The second-order valence-electron chi connectivity index (χ2n) is 2.51. The van der Waals surface area contributed by atoms with Gasteiger partial charge in [-0.1, -0.05) is 15.9 Å². The highest BCUT2D eigenvalue weighted by molar-refractivity contribution is 9.10. The molecule has 1 aromatic rings. The predicted molar refractivity (Wildman–Crippen MR) is 57.0 cm³/mol. The molecule has 72 valence electrons. The van der Waals surface area contributed by atoms with Gasteiger partial charge >= 0.3 is 0 Å². The zero-order valence-corrected chi connectivity index (χ0v) is 9.08. The third-order valence-corrected chi connectivity index (χ3v) is 2.08. The smallest absolute Gasteiger partial charge is 0.165 e. The van der Waals surface area contributed by atoms with Crippen molar-refractivity contribution >= 4 is 22.0 Å². The van der Waals surface area contributed by atoms with Crippen LogP contribution < -0.4 is 4.74 Å². The Hall–Kier alpha value is -1.47. The van der Waals surface area contributed by atoms with Crippen molar-refractivity contribution in [2.24, 2.45) is 0 Å². The zero-order valence-electron chi connectivity index (χ0n) is 7.49. The number of phenolic OH excluding ortho intramolecular Hbond substituents is 1. The van der Waals surface area contributed by atoms with Crippen LogP contribution in [0.4, 0.5) is 0 Å². The molecule has 0 aliphatic carbocycles. The first-order valence-corrected chi connectivity index (χ1v) is 4.61. The van der Waals surface area contributed by atoms with Crippen LogP contribution in [0, 0.1) is 11.3 Å². The number of ether oxygens (including phenoxy) is 1. The molecule has 0 spiro atoms. The monoisotopic (exact) mass is 253 g/mol. The summed E-state index contributed by atoms with van der Waals surface area (Å²) < 4.78 is 5.73. The van der Waals surface area contributed by atoms with Gasteiger partial charge in [0.15, 0.2) is 11.5 Å². The lowest BCUT2D eigenvalue weighted by atomic mass is 10.2. The Labute approximate surface area is 90.4 Å². The fourth-order valence-corrected chi connectivity index (χ4v) is 1.46. The first-order valence-electron chi connectivity index (χ1n) is 3.81. The highest BCUT2D eigenvalue weighted by atomic mass is 79.9. The van der Waals surface area contributed by atoms with Gasteiger partial charge < -0.3 is 9.84 Å². The van der Waals surface area contributed by atoms with Crippen molar-refractivity contribution in [3.63, 3.8) is 0 Å². The Balaban J connectivity index is 3.23. The van der Waals surface area contributed by atoms with E-state index in [2.05, 4.69) is 15.9 Å². The van der Waals surface area contributed by atoms with Gasteiger partial charge in [0, 0.05) is 16.1 Å². The van der Waals surface area contributed by atoms with Crippen LogP contribution in [0.25, 0.3) is 6.08 Å². The fraction of sp³-hybridized carbons (Fsp3) is 0.100. The van der Waals surface area contributed by atoms with Gasteiger partial charge in [-0.3, -0.25) is 0 Å². The lowest BCUT2D eigenvalue weighted by Gasteiger charge is -2.06. The minimum absolute atomic E-state index is 0.0298. The maximum Gasteiger partial charge on any atom is 0.165 e. The van der Waals surface area contributed by atoms with Gasteiger partial charge in [0.25, 0.3) is 0 Å². The van der Waals surface area contributed by atoms with Crippen LogP contribution in [0.15, 0.2) is 22.7 Å². The third-order valence-electron chi connectivity index (χ3n) is 1.63. The molecule has 1 N–H and O–H groups in total. The Morgan fingerprint density at radius 2 is 2.29 bits per heavy atom. The highest BCUT2D eigenvalue weighted by Crippen LogP contribution is 2.34. The SMILES string of the molecule is COc1cc(Br)cc(C=CC#N)c1O. The number of halogens is 1. The Bertz CT molecular complexity index is 407. The molecule has 0 amide bonds. The summed E-state index contributed by atoms with van der Waals surface area (Å²) in [6, 6.07) is 5.20. The van der Waals surface area contributed by atoms with Crippen LogP contribution in [0.1, 0.15) is 5.56 Å². The normalized spacial score (nSPS) is 10.1. The topological polar surface area (TPSA) is 53.2 Å². The summed E-state index contributed by atoms with van der Waals surface area (Å²) in [5.41, 5.74) is 0.540. The van der Waals surface area contributed by atoms with Crippen LogP contribution in [-0.4, -0.2) is 12.2 Å². The Morgan fingerprint density at radius 3 is 2.86 bits per heavy atom. The minimum atomic E-state index is 0.0298. The van der Waals surface area contributed by atoms with Crippen molar-refractivity contribution in [3.05, 3.63) is 28.2 Å². The van der Waals surface area contributed by atoms with Gasteiger partial charge in [0.05, 0.1) is 13.2 Å². The molecule has 0 heterocycles. The average Bonchev–Trinajstić information content (AvgIpc) is 2.18. The number of rotatable bonds is 2. The number of nitriles is 1. The van der Waals surface area contributed by atoms with E-state index >= 15 is 0 Å². The molecule has 14 heavy (non-hydrogen) atoms. The van der Waals surface area contributed by atoms with Crippen molar-refractivity contribution in [1.29, 1.82) is 5.26 Å². The molecule has 1 aromatic carbocycles. The largest absolute Gasteiger partial charge is 0.504 e. The van der Waals surface area contributed by atoms with E-state index in [0.29, 0.717) is 11.3 Å². The van der Waals surface area contributed by atoms with E-state index < -0.39 is 0 Å². The maximum atomic E-state index is 9.63. The summed E-state index contributed by atoms with van der Waals surface area (Å²) in [6.45, 7) is 0. The molecule has 0 saturated heterocycles. The van der Waals surface area contributed by atoms with E-state index in [1.165, 1.54) is 19.3 Å². The first kappa shape index (κ1) is 10.6. The zero-order chi connectivity index (χ0) is 10.6. The lowest BCUT2D eigenvalue weighted by Crippen LogP contribution is -1.86. The highest BCUT2D eigenvalue weighted by Gasteiger charge is 2.06.